The van der Waals surface area contributed by atoms with Gasteiger partial charge in [0.2, 0.25) is 0 Å². The van der Waals surface area contributed by atoms with Crippen molar-refractivity contribution >= 4 is 17.6 Å². The van der Waals surface area contributed by atoms with E-state index in [1.165, 1.54) is 30.1 Å². The minimum Gasteiger partial charge on any atom is -0.497 e. The third kappa shape index (κ3) is 4.82. The number of nitrogens with one attached hydrogen (secondary N) is 1. The Hall–Kier alpha value is -3.62. The van der Waals surface area contributed by atoms with Crippen LogP contribution in [0.3, 0.4) is 0 Å². The van der Waals surface area contributed by atoms with Gasteiger partial charge in [0.25, 0.3) is 5.91 Å². The van der Waals surface area contributed by atoms with E-state index in [2.05, 4.69) is 10.4 Å². The summed E-state index contributed by atoms with van der Waals surface area (Å²) in [5, 5.41) is 8.44. The molecule has 0 saturated heterocycles. The van der Waals surface area contributed by atoms with Crippen LogP contribution in [0.2, 0.25) is 0 Å². The minimum atomic E-state index is -0.645. The van der Waals surface area contributed by atoms with Gasteiger partial charge in [-0.1, -0.05) is 18.2 Å². The second-order valence-corrected chi connectivity index (χ2v) is 7.28. The van der Waals surface area contributed by atoms with Gasteiger partial charge in [0.15, 0.2) is 0 Å². The van der Waals surface area contributed by atoms with Crippen LogP contribution in [0.4, 0.5) is 9.18 Å². The first-order valence-corrected chi connectivity index (χ1v) is 10.2. The highest BCUT2D eigenvalue weighted by Gasteiger charge is 2.36. The van der Waals surface area contributed by atoms with Gasteiger partial charge in [-0.2, -0.15) is 5.10 Å². The van der Waals surface area contributed by atoms with Crippen molar-refractivity contribution in [3.8, 4) is 11.5 Å². The molecule has 0 fully saturated rings. The maximum absolute atomic E-state index is 14.6. The van der Waals surface area contributed by atoms with Gasteiger partial charge < -0.3 is 19.7 Å². The van der Waals surface area contributed by atoms with Crippen LogP contribution in [0.25, 0.3) is 0 Å². The first-order chi connectivity index (χ1) is 15.4. The zero-order valence-corrected chi connectivity index (χ0v) is 18.6. The normalized spacial score (nSPS) is 15.2. The summed E-state index contributed by atoms with van der Waals surface area (Å²) < 4.78 is 25.4. The number of methoxy groups -OCH3 is 2. The van der Waals surface area contributed by atoms with Gasteiger partial charge in [-0.25, -0.2) is 14.2 Å². The molecule has 8 nitrogen and oxygen atoms in total. The Labute approximate surface area is 186 Å². The highest BCUT2D eigenvalue weighted by atomic mass is 19.1. The molecule has 0 radical (unpaired) electrons. The molecule has 9 heteroatoms. The molecule has 2 aromatic rings. The van der Waals surface area contributed by atoms with Crippen LogP contribution in [0.5, 0.6) is 11.5 Å². The summed E-state index contributed by atoms with van der Waals surface area (Å²) in [6.45, 7) is 2.03. The molecule has 0 unspecified atom stereocenters. The molecular formula is C23H27FN4O4. The lowest BCUT2D eigenvalue weighted by molar-refractivity contribution is -0.133. The highest BCUT2D eigenvalue weighted by Crippen LogP contribution is 2.37. The van der Waals surface area contributed by atoms with Crippen LogP contribution in [0.1, 0.15) is 30.5 Å². The quantitative estimate of drug-likeness (QED) is 0.714. The molecule has 0 saturated carbocycles. The number of halogens is 1. The monoisotopic (exact) mass is 442 g/mol. The van der Waals surface area contributed by atoms with E-state index in [9.17, 15) is 14.0 Å². The lowest BCUT2D eigenvalue weighted by Crippen LogP contribution is -2.43. The van der Waals surface area contributed by atoms with Crippen molar-refractivity contribution in [1.29, 1.82) is 0 Å². The fourth-order valence-corrected chi connectivity index (χ4v) is 3.56. The van der Waals surface area contributed by atoms with Crippen LogP contribution in [-0.4, -0.2) is 61.9 Å². The molecule has 170 valence electrons. The molecule has 1 aliphatic heterocycles. The van der Waals surface area contributed by atoms with Crippen LogP contribution < -0.4 is 14.8 Å². The van der Waals surface area contributed by atoms with Gasteiger partial charge in [-0.15, -0.1) is 0 Å². The van der Waals surface area contributed by atoms with E-state index in [4.69, 9.17) is 9.47 Å². The maximum Gasteiger partial charge on any atom is 0.317 e. The zero-order valence-electron chi connectivity index (χ0n) is 18.6. The molecule has 2 aromatic carbocycles. The van der Waals surface area contributed by atoms with Gasteiger partial charge in [0, 0.05) is 37.2 Å². The number of rotatable bonds is 7. The van der Waals surface area contributed by atoms with Crippen LogP contribution in [0.15, 0.2) is 47.6 Å². The Bertz CT molecular complexity index is 1030. The number of likely N-dealkylation sites (N-methyl/N-ethyl adjacent to an activating group) is 1. The van der Waals surface area contributed by atoms with Gasteiger partial charge in [-0.05, 0) is 25.1 Å². The van der Waals surface area contributed by atoms with Crippen LogP contribution in [0, 0.1) is 5.82 Å². The number of carbonyl (C=O) groups is 2. The average molecular weight is 442 g/mol. The third-order valence-electron chi connectivity index (χ3n) is 5.20. The van der Waals surface area contributed by atoms with E-state index in [1.807, 2.05) is 0 Å². The van der Waals surface area contributed by atoms with Crippen molar-refractivity contribution < 1.29 is 23.5 Å². The van der Waals surface area contributed by atoms with E-state index in [0.29, 0.717) is 41.3 Å². The lowest BCUT2D eigenvalue weighted by Gasteiger charge is -2.25. The number of hydrogen-bond donors (Lipinski definition) is 1. The molecular weight excluding hydrogens is 415 g/mol. The number of nitrogens with zero attached hydrogens (tertiary/aromatic N) is 3. The van der Waals surface area contributed by atoms with Gasteiger partial charge in [0.05, 0.1) is 26.0 Å². The van der Waals surface area contributed by atoms with Crippen molar-refractivity contribution in [2.45, 2.75) is 19.4 Å². The Morgan fingerprint density at radius 3 is 2.62 bits per heavy atom. The molecule has 32 heavy (non-hydrogen) atoms. The number of amides is 3. The summed E-state index contributed by atoms with van der Waals surface area (Å²) in [5.74, 6) is 0.301. The Morgan fingerprint density at radius 1 is 1.22 bits per heavy atom. The van der Waals surface area contributed by atoms with Crippen molar-refractivity contribution in [3.63, 3.8) is 0 Å². The van der Waals surface area contributed by atoms with Gasteiger partial charge in [-0.3, -0.25) is 4.79 Å². The third-order valence-corrected chi connectivity index (χ3v) is 5.20. The van der Waals surface area contributed by atoms with Gasteiger partial charge >= 0.3 is 6.03 Å². The van der Waals surface area contributed by atoms with Crippen molar-refractivity contribution in [3.05, 3.63) is 59.4 Å². The summed E-state index contributed by atoms with van der Waals surface area (Å²) in [6.07, 6.45) is 0.292. The first-order valence-electron chi connectivity index (χ1n) is 10.2. The second-order valence-electron chi connectivity index (χ2n) is 7.28. The highest BCUT2D eigenvalue weighted by molar-refractivity contribution is 6.05. The fourth-order valence-electron chi connectivity index (χ4n) is 3.56. The molecule has 1 N–H and O–H groups in total. The molecule has 1 atom stereocenters. The number of hydrogen-bond acceptors (Lipinski definition) is 5. The number of ether oxygens (including phenoxy) is 2. The topological polar surface area (TPSA) is 83.5 Å². The first kappa shape index (κ1) is 23.1. The van der Waals surface area contributed by atoms with E-state index in [0.717, 1.165) is 0 Å². The Kier molecular flexibility index (Phi) is 7.29. The maximum atomic E-state index is 14.6. The van der Waals surface area contributed by atoms with E-state index in [-0.39, 0.29) is 12.6 Å². The summed E-state index contributed by atoms with van der Waals surface area (Å²) in [6, 6.07) is 10.6. The van der Waals surface area contributed by atoms with Crippen molar-refractivity contribution in [2.24, 2.45) is 5.10 Å². The van der Waals surface area contributed by atoms with Crippen LogP contribution in [-0.2, 0) is 4.79 Å². The molecule has 1 heterocycles. The molecule has 0 aromatic heterocycles. The van der Waals surface area contributed by atoms with Gasteiger partial charge in [0.1, 0.15) is 23.9 Å². The smallest absolute Gasteiger partial charge is 0.317 e. The molecule has 0 aliphatic carbocycles. The van der Waals surface area contributed by atoms with E-state index >= 15 is 0 Å². The molecule has 1 aliphatic rings. The largest absolute Gasteiger partial charge is 0.497 e. The Morgan fingerprint density at radius 2 is 1.97 bits per heavy atom. The SMILES string of the molecule is CCNC(=O)N(C)CC(=O)N1N=C(c2ccc(OC)cc2OC)C[C@@H]1c1ccccc1F. The molecule has 3 amide bonds. The van der Waals surface area contributed by atoms with E-state index in [1.54, 1.807) is 50.4 Å². The second kappa shape index (κ2) is 10.1. The molecule has 3 rings (SSSR count). The zero-order chi connectivity index (χ0) is 23.3. The molecule has 0 bridgehead atoms. The predicted octanol–water partition coefficient (Wildman–Crippen LogP) is 3.18. The average Bonchev–Trinajstić information content (AvgIpc) is 3.24. The van der Waals surface area contributed by atoms with Crippen molar-refractivity contribution in [2.75, 3.05) is 34.4 Å². The molecule has 0 spiro atoms. The fraction of sp³-hybridized carbons (Fsp3) is 0.348. The lowest BCUT2D eigenvalue weighted by atomic mass is 9.97. The van der Waals surface area contributed by atoms with Crippen LogP contribution >= 0.6 is 0 Å². The number of benzene rings is 2. The van der Waals surface area contributed by atoms with E-state index < -0.39 is 17.8 Å². The Balaban J connectivity index is 1.96. The number of urea groups is 1. The summed E-state index contributed by atoms with van der Waals surface area (Å²) in [5.41, 5.74) is 1.61. The van der Waals surface area contributed by atoms with Crippen molar-refractivity contribution in [1.82, 2.24) is 15.2 Å². The standard InChI is InChI=1S/C23H27FN4O4/c1-5-25-23(30)27(2)14-22(29)28-20(16-8-6-7-9-18(16)24)13-19(26-28)17-11-10-15(31-3)12-21(17)32-4/h6-12,20H,5,13-14H2,1-4H3,(H,25,30)/t20-/m1/s1. The summed E-state index contributed by atoms with van der Waals surface area (Å²) in [7, 11) is 4.61. The predicted molar refractivity (Wildman–Crippen MR) is 118 cm³/mol. The summed E-state index contributed by atoms with van der Waals surface area (Å²) in [4.78, 5) is 26.4. The minimum absolute atomic E-state index is 0.201. The summed E-state index contributed by atoms with van der Waals surface area (Å²) >= 11 is 0. The number of hydrazone groups is 1. The number of carbonyl (C=O) groups excluding carboxylic acids is 2.